The first-order valence-corrected chi connectivity index (χ1v) is 2.82. The number of nitrogens with zero attached hydrogens (tertiary/aromatic N) is 1. The third kappa shape index (κ3) is 1.33. The number of amides is 1. The molecule has 51 valence electrons. The molecule has 1 aromatic carbocycles. The summed E-state index contributed by atoms with van der Waals surface area (Å²) >= 11 is 0. The number of hydrogen-bond donors (Lipinski definition) is 1. The van der Waals surface area contributed by atoms with Crippen molar-refractivity contribution in [1.29, 1.82) is 0 Å². The van der Waals surface area contributed by atoms with E-state index in [2.05, 4.69) is 0 Å². The van der Waals surface area contributed by atoms with E-state index in [1.807, 2.05) is 6.07 Å². The second-order valence-corrected chi connectivity index (χ2v) is 1.80. The van der Waals surface area contributed by atoms with Crippen LogP contribution in [0.5, 0.6) is 0 Å². The summed E-state index contributed by atoms with van der Waals surface area (Å²) in [7, 11) is 0. The number of para-hydroxylation sites is 1. The highest BCUT2D eigenvalue weighted by Gasteiger charge is 1.95. The van der Waals surface area contributed by atoms with Gasteiger partial charge in [-0.25, -0.2) is 10.9 Å². The maximum Gasteiger partial charge on any atom is 0.332 e. The third-order valence-corrected chi connectivity index (χ3v) is 1.13. The normalized spacial score (nSPS) is 8.90. The number of carbonyl (C=O) groups excluding carboxylic acids is 1. The summed E-state index contributed by atoms with van der Waals surface area (Å²) in [6.07, 6.45) is 1.54. The van der Waals surface area contributed by atoms with Crippen molar-refractivity contribution in [2.24, 2.45) is 5.84 Å². The summed E-state index contributed by atoms with van der Waals surface area (Å²) in [6.45, 7) is 0. The molecular weight excluding hydrogens is 128 g/mol. The van der Waals surface area contributed by atoms with Gasteiger partial charge in [0.1, 0.15) is 0 Å². The molecule has 1 aromatic rings. The van der Waals surface area contributed by atoms with Crippen LogP contribution in [-0.2, 0) is 4.79 Å². The zero-order valence-electron chi connectivity index (χ0n) is 5.32. The molecule has 0 spiro atoms. The maximum atomic E-state index is 9.98. The highest BCUT2D eigenvalue weighted by Crippen LogP contribution is 2.06. The molecule has 0 saturated carbocycles. The average molecular weight is 135 g/mol. The molecule has 1 rings (SSSR count). The number of nitrogens with two attached hydrogens (primary N) is 1. The lowest BCUT2D eigenvalue weighted by atomic mass is 10.3. The minimum Gasteiger partial charge on any atom is -0.261 e. The van der Waals surface area contributed by atoms with E-state index in [1.165, 1.54) is 0 Å². The van der Waals surface area contributed by atoms with E-state index in [4.69, 9.17) is 5.84 Å². The molecule has 1 amide bonds. The van der Waals surface area contributed by atoms with Gasteiger partial charge in [-0.1, -0.05) is 18.2 Å². The Kier molecular flexibility index (Phi) is 2.02. The van der Waals surface area contributed by atoms with Gasteiger partial charge in [0.05, 0.1) is 5.69 Å². The van der Waals surface area contributed by atoms with Crippen LogP contribution in [0, 0.1) is 0 Å². The van der Waals surface area contributed by atoms with Crippen molar-refractivity contribution in [3.05, 3.63) is 30.3 Å². The number of hydrogen-bond acceptors (Lipinski definition) is 2. The van der Waals surface area contributed by atoms with Gasteiger partial charge in [0, 0.05) is 0 Å². The Morgan fingerprint density at radius 1 is 1.30 bits per heavy atom. The first-order chi connectivity index (χ1) is 4.84. The summed E-state index contributed by atoms with van der Waals surface area (Å²) in [5.74, 6) is 5.20. The number of anilines is 1. The molecule has 2 N–H and O–H groups in total. The monoisotopic (exact) mass is 135 g/mol. The van der Waals surface area contributed by atoms with Gasteiger partial charge < -0.3 is 0 Å². The van der Waals surface area contributed by atoms with Crippen LogP contribution in [0.2, 0.25) is 0 Å². The fraction of sp³-hybridized carbons (Fsp3) is 0. The smallest absolute Gasteiger partial charge is 0.261 e. The summed E-state index contributed by atoms with van der Waals surface area (Å²) < 4.78 is 0. The predicted molar refractivity (Wildman–Crippen MR) is 38.8 cm³/mol. The molecule has 0 aliphatic heterocycles. The average Bonchev–Trinajstić information content (AvgIpc) is 2.05. The van der Waals surface area contributed by atoms with Crippen LogP contribution in [0.3, 0.4) is 0 Å². The zero-order valence-corrected chi connectivity index (χ0v) is 5.32. The lowest BCUT2D eigenvalue weighted by molar-refractivity contribution is 0.552. The van der Waals surface area contributed by atoms with E-state index in [9.17, 15) is 4.79 Å². The Balaban J connectivity index is 2.84. The SMILES string of the molecule is NN([C]=O)c1ccccc1. The van der Waals surface area contributed by atoms with Crippen LogP contribution in [0.4, 0.5) is 5.69 Å². The Morgan fingerprint density at radius 3 is 2.40 bits per heavy atom. The minimum atomic E-state index is 0.637. The number of hydrazine groups is 1. The number of rotatable bonds is 2. The zero-order chi connectivity index (χ0) is 7.40. The number of benzene rings is 1. The maximum absolute atomic E-state index is 9.98. The van der Waals surface area contributed by atoms with Gasteiger partial charge >= 0.3 is 6.41 Å². The van der Waals surface area contributed by atoms with Gasteiger partial charge in [-0.2, -0.15) is 0 Å². The van der Waals surface area contributed by atoms with Crippen molar-refractivity contribution in [3.63, 3.8) is 0 Å². The highest BCUT2D eigenvalue weighted by atomic mass is 16.1. The Bertz CT molecular complexity index is 210. The minimum absolute atomic E-state index is 0.637. The van der Waals surface area contributed by atoms with Crippen LogP contribution < -0.4 is 10.9 Å². The van der Waals surface area contributed by atoms with Crippen molar-refractivity contribution in [1.82, 2.24) is 0 Å². The van der Waals surface area contributed by atoms with Gasteiger partial charge in [0.15, 0.2) is 0 Å². The summed E-state index contributed by atoms with van der Waals surface area (Å²) in [4.78, 5) is 9.98. The molecule has 0 bridgehead atoms. The van der Waals surface area contributed by atoms with Gasteiger partial charge in [0.2, 0.25) is 0 Å². The fourth-order valence-electron chi connectivity index (χ4n) is 0.641. The predicted octanol–water partition coefficient (Wildman–Crippen LogP) is 0.434. The second kappa shape index (κ2) is 2.98. The van der Waals surface area contributed by atoms with E-state index in [0.717, 1.165) is 5.01 Å². The molecule has 0 heterocycles. The summed E-state index contributed by atoms with van der Waals surface area (Å²) in [6, 6.07) is 8.90. The molecule has 0 fully saturated rings. The van der Waals surface area contributed by atoms with Gasteiger partial charge in [-0.3, -0.25) is 4.79 Å². The van der Waals surface area contributed by atoms with Crippen molar-refractivity contribution >= 4 is 12.1 Å². The lowest BCUT2D eigenvalue weighted by Gasteiger charge is -2.06. The van der Waals surface area contributed by atoms with Crippen molar-refractivity contribution in [3.8, 4) is 0 Å². The topological polar surface area (TPSA) is 46.3 Å². The molecule has 0 unspecified atom stereocenters. The van der Waals surface area contributed by atoms with E-state index in [1.54, 1.807) is 30.7 Å². The fourth-order valence-corrected chi connectivity index (χ4v) is 0.641. The molecule has 3 nitrogen and oxygen atoms in total. The van der Waals surface area contributed by atoms with E-state index in [-0.39, 0.29) is 0 Å². The highest BCUT2D eigenvalue weighted by molar-refractivity contribution is 5.73. The Labute approximate surface area is 59.0 Å². The molecule has 10 heavy (non-hydrogen) atoms. The van der Waals surface area contributed by atoms with Crippen LogP contribution in [0.1, 0.15) is 0 Å². The summed E-state index contributed by atoms with van der Waals surface area (Å²) in [5, 5.41) is 0.903. The Hall–Kier alpha value is -1.35. The molecule has 3 heteroatoms. The largest absolute Gasteiger partial charge is 0.332 e. The first kappa shape index (κ1) is 6.77. The van der Waals surface area contributed by atoms with Gasteiger partial charge in [-0.15, -0.1) is 0 Å². The molecule has 0 saturated heterocycles. The van der Waals surface area contributed by atoms with Crippen molar-refractivity contribution in [2.45, 2.75) is 0 Å². The van der Waals surface area contributed by atoms with Crippen molar-refractivity contribution < 1.29 is 4.79 Å². The lowest BCUT2D eigenvalue weighted by Crippen LogP contribution is -2.28. The van der Waals surface area contributed by atoms with Gasteiger partial charge in [0.25, 0.3) is 0 Å². The van der Waals surface area contributed by atoms with Crippen LogP contribution in [0.25, 0.3) is 0 Å². The third-order valence-electron chi connectivity index (χ3n) is 1.13. The Morgan fingerprint density at radius 2 is 1.90 bits per heavy atom. The standard InChI is InChI=1S/C7H7N2O/c8-9(6-10)7-4-2-1-3-5-7/h1-5H,8H2. The van der Waals surface area contributed by atoms with Crippen LogP contribution in [-0.4, -0.2) is 6.41 Å². The molecule has 0 aliphatic carbocycles. The molecule has 0 aromatic heterocycles. The van der Waals surface area contributed by atoms with Crippen molar-refractivity contribution in [2.75, 3.05) is 5.01 Å². The van der Waals surface area contributed by atoms with Crippen LogP contribution >= 0.6 is 0 Å². The second-order valence-electron chi connectivity index (χ2n) is 1.80. The van der Waals surface area contributed by atoms with Gasteiger partial charge in [-0.05, 0) is 12.1 Å². The first-order valence-electron chi connectivity index (χ1n) is 2.82. The molecule has 1 radical (unpaired) electrons. The van der Waals surface area contributed by atoms with Crippen LogP contribution in [0.15, 0.2) is 30.3 Å². The quantitative estimate of drug-likeness (QED) is 0.277. The van der Waals surface area contributed by atoms with E-state index < -0.39 is 0 Å². The molecular formula is C7H7N2O. The molecule has 0 aliphatic rings. The van der Waals surface area contributed by atoms with E-state index in [0.29, 0.717) is 5.69 Å². The van der Waals surface area contributed by atoms with E-state index >= 15 is 0 Å². The summed E-state index contributed by atoms with van der Waals surface area (Å²) in [5.41, 5.74) is 0.637. The molecule has 0 atom stereocenters.